The van der Waals surface area contributed by atoms with Crippen LogP contribution in [0.15, 0.2) is 83.8 Å². The van der Waals surface area contributed by atoms with Crippen LogP contribution in [0.1, 0.15) is 45.2 Å². The quantitative estimate of drug-likeness (QED) is 0.317. The summed E-state index contributed by atoms with van der Waals surface area (Å²) in [6.45, 7) is 9.51. The number of carbonyl (C=O) groups excluding carboxylic acids is 2. The highest BCUT2D eigenvalue weighted by Crippen LogP contribution is 2.27. The first kappa shape index (κ1) is 30.7. The number of amides is 2. The Bertz CT molecular complexity index is 1380. The van der Waals surface area contributed by atoms with Gasteiger partial charge in [-0.25, -0.2) is 8.42 Å². The van der Waals surface area contributed by atoms with Gasteiger partial charge in [-0.1, -0.05) is 49.4 Å². The van der Waals surface area contributed by atoms with Gasteiger partial charge in [-0.05, 0) is 81.6 Å². The molecule has 0 saturated heterocycles. The largest absolute Gasteiger partial charge is 0.494 e. The second-order valence-electron chi connectivity index (χ2n) is 9.79. The Morgan fingerprint density at radius 2 is 1.52 bits per heavy atom. The summed E-state index contributed by atoms with van der Waals surface area (Å²) in [4.78, 5) is 28.9. The smallest absolute Gasteiger partial charge is 0.264 e. The van der Waals surface area contributed by atoms with Crippen LogP contribution in [0, 0.1) is 6.92 Å². The summed E-state index contributed by atoms with van der Waals surface area (Å²) >= 11 is 0. The molecule has 0 aromatic heterocycles. The number of sulfonamides is 1. The average molecular weight is 566 g/mol. The molecule has 9 heteroatoms. The topological polar surface area (TPSA) is 96.0 Å². The summed E-state index contributed by atoms with van der Waals surface area (Å²) in [6.07, 6.45) is 0.366. The first-order chi connectivity index (χ1) is 19.1. The van der Waals surface area contributed by atoms with Gasteiger partial charge >= 0.3 is 0 Å². The van der Waals surface area contributed by atoms with Gasteiger partial charge in [0.05, 0.1) is 17.2 Å². The molecule has 1 atom stereocenters. The molecule has 0 fully saturated rings. The Labute approximate surface area is 238 Å². The molecule has 0 heterocycles. The van der Waals surface area contributed by atoms with E-state index in [1.54, 1.807) is 42.5 Å². The lowest BCUT2D eigenvalue weighted by molar-refractivity contribution is -0.140. The molecule has 40 heavy (non-hydrogen) atoms. The minimum Gasteiger partial charge on any atom is -0.494 e. The zero-order chi connectivity index (χ0) is 29.3. The van der Waals surface area contributed by atoms with E-state index in [0.29, 0.717) is 24.5 Å². The van der Waals surface area contributed by atoms with Gasteiger partial charge in [-0.15, -0.1) is 0 Å². The third-order valence-corrected chi connectivity index (χ3v) is 8.25. The van der Waals surface area contributed by atoms with Gasteiger partial charge in [-0.3, -0.25) is 13.9 Å². The number of carbonyl (C=O) groups is 2. The van der Waals surface area contributed by atoms with Crippen molar-refractivity contribution in [1.82, 2.24) is 10.2 Å². The van der Waals surface area contributed by atoms with Crippen LogP contribution < -0.4 is 14.4 Å². The normalized spacial score (nSPS) is 12.1. The molecule has 0 aliphatic heterocycles. The van der Waals surface area contributed by atoms with E-state index in [0.717, 1.165) is 15.4 Å². The maximum atomic E-state index is 14.1. The number of rotatable bonds is 13. The number of hydrogen-bond acceptors (Lipinski definition) is 5. The average Bonchev–Trinajstić information content (AvgIpc) is 2.93. The SMILES string of the molecule is CCOc1ccc(N(CC(=O)N(Cc2ccccc2C)C(CC)C(=O)NC(C)C)S(=O)(=O)c2ccccc2)cc1. The number of anilines is 1. The predicted molar refractivity (Wildman–Crippen MR) is 158 cm³/mol. The van der Waals surface area contributed by atoms with Crippen LogP contribution in [0.5, 0.6) is 5.75 Å². The number of aryl methyl sites for hydroxylation is 1. The lowest BCUT2D eigenvalue weighted by Gasteiger charge is -2.34. The molecule has 1 unspecified atom stereocenters. The van der Waals surface area contributed by atoms with Gasteiger partial charge in [0.15, 0.2) is 0 Å². The molecule has 3 rings (SSSR count). The molecule has 2 amide bonds. The van der Waals surface area contributed by atoms with Crippen molar-refractivity contribution in [2.45, 2.75) is 64.6 Å². The highest BCUT2D eigenvalue weighted by Gasteiger charge is 2.34. The van der Waals surface area contributed by atoms with Gasteiger partial charge in [0, 0.05) is 12.6 Å². The Hall–Kier alpha value is -3.85. The number of nitrogens with zero attached hydrogens (tertiary/aromatic N) is 2. The number of ether oxygens (including phenoxy) is 1. The Morgan fingerprint density at radius 1 is 0.900 bits per heavy atom. The molecule has 0 bridgehead atoms. The molecule has 3 aromatic carbocycles. The second kappa shape index (κ2) is 14.0. The van der Waals surface area contributed by atoms with Crippen molar-refractivity contribution in [3.05, 3.63) is 90.0 Å². The minimum atomic E-state index is -4.12. The van der Waals surface area contributed by atoms with E-state index in [1.807, 2.05) is 58.9 Å². The van der Waals surface area contributed by atoms with Crippen molar-refractivity contribution in [2.24, 2.45) is 0 Å². The lowest BCUT2D eigenvalue weighted by Crippen LogP contribution is -2.53. The van der Waals surface area contributed by atoms with Crippen LogP contribution in [-0.4, -0.2) is 50.4 Å². The lowest BCUT2D eigenvalue weighted by atomic mass is 10.1. The van der Waals surface area contributed by atoms with E-state index in [-0.39, 0.29) is 23.4 Å². The van der Waals surface area contributed by atoms with E-state index >= 15 is 0 Å². The predicted octanol–water partition coefficient (Wildman–Crippen LogP) is 4.92. The van der Waals surface area contributed by atoms with E-state index < -0.39 is 28.5 Å². The molecule has 0 saturated carbocycles. The van der Waals surface area contributed by atoms with E-state index in [4.69, 9.17) is 4.74 Å². The molecule has 214 valence electrons. The molecule has 0 aliphatic carbocycles. The number of hydrogen-bond donors (Lipinski definition) is 1. The van der Waals surface area contributed by atoms with Crippen molar-refractivity contribution in [3.63, 3.8) is 0 Å². The van der Waals surface area contributed by atoms with Crippen molar-refractivity contribution < 1.29 is 22.7 Å². The Balaban J connectivity index is 2.06. The molecule has 0 radical (unpaired) electrons. The molecule has 0 spiro atoms. The van der Waals surface area contributed by atoms with Crippen molar-refractivity contribution in [1.29, 1.82) is 0 Å². The summed E-state index contributed by atoms with van der Waals surface area (Å²) in [7, 11) is -4.12. The van der Waals surface area contributed by atoms with Crippen LogP contribution in [0.3, 0.4) is 0 Å². The van der Waals surface area contributed by atoms with Gasteiger partial charge < -0.3 is 15.0 Å². The molecule has 0 aliphatic rings. The fourth-order valence-corrected chi connectivity index (χ4v) is 5.83. The standard InChI is InChI=1S/C31H39N3O5S/c1-6-29(31(36)32-23(3)4)33(21-25-14-12-11-13-24(25)5)30(35)22-34(26-17-19-27(20-18-26)39-7-2)40(37,38)28-15-9-8-10-16-28/h8-20,23,29H,6-7,21-22H2,1-5H3,(H,32,36). The van der Waals surface area contributed by atoms with Crippen LogP contribution in [0.2, 0.25) is 0 Å². The Kier molecular flexibility index (Phi) is 10.7. The minimum absolute atomic E-state index is 0.0618. The summed E-state index contributed by atoms with van der Waals surface area (Å²) < 4.78 is 34.4. The van der Waals surface area contributed by atoms with Gasteiger partial charge in [-0.2, -0.15) is 0 Å². The summed E-state index contributed by atoms with van der Waals surface area (Å²) in [5, 5.41) is 2.91. The van der Waals surface area contributed by atoms with Crippen LogP contribution in [0.4, 0.5) is 5.69 Å². The monoisotopic (exact) mass is 565 g/mol. The van der Waals surface area contributed by atoms with Crippen LogP contribution in [-0.2, 0) is 26.2 Å². The second-order valence-corrected chi connectivity index (χ2v) is 11.6. The van der Waals surface area contributed by atoms with Gasteiger partial charge in [0.2, 0.25) is 11.8 Å². The van der Waals surface area contributed by atoms with Crippen LogP contribution in [0.25, 0.3) is 0 Å². The van der Waals surface area contributed by atoms with Crippen LogP contribution >= 0.6 is 0 Å². The first-order valence-electron chi connectivity index (χ1n) is 13.5. The van der Waals surface area contributed by atoms with Gasteiger partial charge in [0.1, 0.15) is 18.3 Å². The van der Waals surface area contributed by atoms with Crippen molar-refractivity contribution in [2.75, 3.05) is 17.5 Å². The van der Waals surface area contributed by atoms with E-state index in [1.165, 1.54) is 17.0 Å². The van der Waals surface area contributed by atoms with Crippen molar-refractivity contribution >= 4 is 27.5 Å². The maximum Gasteiger partial charge on any atom is 0.264 e. The molecule has 1 N–H and O–H groups in total. The fourth-order valence-electron chi connectivity index (χ4n) is 4.39. The number of nitrogens with one attached hydrogen (secondary N) is 1. The van der Waals surface area contributed by atoms with E-state index in [2.05, 4.69) is 5.32 Å². The van der Waals surface area contributed by atoms with Crippen molar-refractivity contribution in [3.8, 4) is 5.75 Å². The first-order valence-corrected chi connectivity index (χ1v) is 15.0. The number of benzene rings is 3. The maximum absolute atomic E-state index is 14.1. The molecule has 8 nitrogen and oxygen atoms in total. The molecular formula is C31H39N3O5S. The van der Waals surface area contributed by atoms with Gasteiger partial charge in [0.25, 0.3) is 10.0 Å². The molecular weight excluding hydrogens is 526 g/mol. The summed E-state index contributed by atoms with van der Waals surface area (Å²) in [6, 6.07) is 21.3. The zero-order valence-corrected chi connectivity index (χ0v) is 24.6. The Morgan fingerprint density at radius 3 is 2.10 bits per heavy atom. The van der Waals surface area contributed by atoms with E-state index in [9.17, 15) is 18.0 Å². The summed E-state index contributed by atoms with van der Waals surface area (Å²) in [5.41, 5.74) is 2.17. The highest BCUT2D eigenvalue weighted by molar-refractivity contribution is 7.92. The fraction of sp³-hybridized carbons (Fsp3) is 0.355. The third kappa shape index (κ3) is 7.63. The summed E-state index contributed by atoms with van der Waals surface area (Å²) in [5.74, 6) is -0.174. The zero-order valence-electron chi connectivity index (χ0n) is 23.8. The highest BCUT2D eigenvalue weighted by atomic mass is 32.2. The molecule has 3 aromatic rings. The third-order valence-electron chi connectivity index (χ3n) is 6.46.